The summed E-state index contributed by atoms with van der Waals surface area (Å²) < 4.78 is 1.83. The average molecular weight is 196 g/mol. The largest absolute Gasteiger partial charge is 0.387 e. The molecule has 0 bridgehead atoms. The normalized spacial score (nSPS) is 29.4. The Hall–Kier alpha value is -0.940. The molecular formula is C9H16N4O. The number of aromatic nitrogens is 3. The number of rotatable bonds is 2. The molecule has 1 aliphatic rings. The van der Waals surface area contributed by atoms with Gasteiger partial charge in [0.05, 0.1) is 18.3 Å². The summed E-state index contributed by atoms with van der Waals surface area (Å²) in [6.45, 7) is 1.69. The maximum Gasteiger partial charge on any atom is 0.111 e. The van der Waals surface area contributed by atoms with Crippen LogP contribution in [0.2, 0.25) is 0 Å². The van der Waals surface area contributed by atoms with Crippen molar-refractivity contribution in [1.82, 2.24) is 15.0 Å². The molecule has 0 aromatic carbocycles. The van der Waals surface area contributed by atoms with Gasteiger partial charge in [-0.2, -0.15) is 0 Å². The molecule has 1 heterocycles. The van der Waals surface area contributed by atoms with Gasteiger partial charge < -0.3 is 10.8 Å². The first-order chi connectivity index (χ1) is 6.66. The van der Waals surface area contributed by atoms with Crippen molar-refractivity contribution in [2.45, 2.75) is 44.4 Å². The molecule has 0 spiro atoms. The van der Waals surface area contributed by atoms with Crippen LogP contribution in [0.5, 0.6) is 0 Å². The lowest BCUT2D eigenvalue weighted by atomic mass is 10.2. The first-order valence-corrected chi connectivity index (χ1v) is 5.02. The van der Waals surface area contributed by atoms with Gasteiger partial charge in [-0.25, -0.2) is 4.68 Å². The fourth-order valence-electron chi connectivity index (χ4n) is 1.89. The van der Waals surface area contributed by atoms with Gasteiger partial charge in [0.2, 0.25) is 0 Å². The van der Waals surface area contributed by atoms with E-state index >= 15 is 0 Å². The minimum Gasteiger partial charge on any atom is -0.387 e. The molecule has 1 saturated carbocycles. The van der Waals surface area contributed by atoms with Crippen molar-refractivity contribution in [3.8, 4) is 0 Å². The summed E-state index contributed by atoms with van der Waals surface area (Å²) in [6, 6.07) is 0.657. The van der Waals surface area contributed by atoms with Crippen LogP contribution < -0.4 is 5.73 Å². The molecule has 78 valence electrons. The third-order valence-corrected chi connectivity index (χ3v) is 2.78. The van der Waals surface area contributed by atoms with Crippen LogP contribution in [0.4, 0.5) is 0 Å². The van der Waals surface area contributed by atoms with Gasteiger partial charge in [-0.3, -0.25) is 0 Å². The number of nitrogens with zero attached hydrogens (tertiary/aromatic N) is 3. The van der Waals surface area contributed by atoms with Crippen molar-refractivity contribution in [2.75, 3.05) is 0 Å². The van der Waals surface area contributed by atoms with Gasteiger partial charge in [0, 0.05) is 6.04 Å². The van der Waals surface area contributed by atoms with Gasteiger partial charge in [0.1, 0.15) is 5.69 Å². The monoisotopic (exact) mass is 196 g/mol. The summed E-state index contributed by atoms with van der Waals surface area (Å²) in [4.78, 5) is 0. The van der Waals surface area contributed by atoms with E-state index in [4.69, 9.17) is 5.73 Å². The Balaban J connectivity index is 2.09. The van der Waals surface area contributed by atoms with E-state index in [0.29, 0.717) is 17.8 Å². The molecule has 1 fully saturated rings. The molecule has 1 aliphatic carbocycles. The summed E-state index contributed by atoms with van der Waals surface area (Å²) in [5.41, 5.74) is 6.45. The lowest BCUT2D eigenvalue weighted by Gasteiger charge is -2.08. The predicted molar refractivity (Wildman–Crippen MR) is 51.5 cm³/mol. The molecule has 5 nitrogen and oxygen atoms in total. The smallest absolute Gasteiger partial charge is 0.111 e. The van der Waals surface area contributed by atoms with E-state index in [0.717, 1.165) is 19.3 Å². The van der Waals surface area contributed by atoms with E-state index in [2.05, 4.69) is 10.3 Å². The maximum atomic E-state index is 9.29. The van der Waals surface area contributed by atoms with Gasteiger partial charge in [0.15, 0.2) is 0 Å². The van der Waals surface area contributed by atoms with E-state index < -0.39 is 6.10 Å². The van der Waals surface area contributed by atoms with Crippen molar-refractivity contribution < 1.29 is 5.11 Å². The first-order valence-electron chi connectivity index (χ1n) is 5.02. The molecule has 0 saturated heterocycles. The topological polar surface area (TPSA) is 77.0 Å². The van der Waals surface area contributed by atoms with Crippen LogP contribution in [-0.2, 0) is 0 Å². The molecule has 1 unspecified atom stereocenters. The van der Waals surface area contributed by atoms with E-state index in [1.165, 1.54) is 0 Å². The minimum atomic E-state index is -0.543. The summed E-state index contributed by atoms with van der Waals surface area (Å²) in [6.07, 6.45) is 4.34. The number of aliphatic hydroxyl groups is 1. The molecule has 14 heavy (non-hydrogen) atoms. The highest BCUT2D eigenvalue weighted by Gasteiger charge is 2.24. The molecule has 0 amide bonds. The second-order valence-corrected chi connectivity index (χ2v) is 4.03. The van der Waals surface area contributed by atoms with E-state index in [9.17, 15) is 5.11 Å². The Morgan fingerprint density at radius 3 is 2.93 bits per heavy atom. The highest BCUT2D eigenvalue weighted by Crippen LogP contribution is 2.28. The Kier molecular flexibility index (Phi) is 2.52. The first kappa shape index (κ1) is 9.61. The van der Waals surface area contributed by atoms with Crippen LogP contribution in [0.1, 0.15) is 44.0 Å². The van der Waals surface area contributed by atoms with Crippen molar-refractivity contribution in [1.29, 1.82) is 0 Å². The van der Waals surface area contributed by atoms with Gasteiger partial charge in [-0.1, -0.05) is 5.21 Å². The highest BCUT2D eigenvalue weighted by molar-refractivity contribution is 4.97. The van der Waals surface area contributed by atoms with Crippen LogP contribution in [0.3, 0.4) is 0 Å². The molecule has 0 aliphatic heterocycles. The van der Waals surface area contributed by atoms with Crippen molar-refractivity contribution in [3.63, 3.8) is 0 Å². The number of nitrogens with two attached hydrogens (primary N) is 1. The van der Waals surface area contributed by atoms with E-state index in [-0.39, 0.29) is 0 Å². The second-order valence-electron chi connectivity index (χ2n) is 4.03. The highest BCUT2D eigenvalue weighted by atomic mass is 16.3. The average Bonchev–Trinajstić information content (AvgIpc) is 2.70. The Bertz CT molecular complexity index is 310. The van der Waals surface area contributed by atoms with Crippen molar-refractivity contribution in [2.24, 2.45) is 5.73 Å². The van der Waals surface area contributed by atoms with Gasteiger partial charge in [0.25, 0.3) is 0 Å². The molecule has 1 aromatic heterocycles. The number of hydrogen-bond acceptors (Lipinski definition) is 4. The van der Waals surface area contributed by atoms with Crippen LogP contribution in [-0.4, -0.2) is 26.1 Å². The zero-order chi connectivity index (χ0) is 10.1. The third-order valence-electron chi connectivity index (χ3n) is 2.78. The fourth-order valence-corrected chi connectivity index (χ4v) is 1.89. The minimum absolute atomic E-state index is 0.291. The lowest BCUT2D eigenvalue weighted by Crippen LogP contribution is -2.16. The number of hydrogen-bond donors (Lipinski definition) is 2. The van der Waals surface area contributed by atoms with E-state index in [1.54, 1.807) is 6.92 Å². The molecule has 1 aromatic rings. The predicted octanol–water partition coefficient (Wildman–Crippen LogP) is 0.384. The van der Waals surface area contributed by atoms with Crippen molar-refractivity contribution in [3.05, 3.63) is 11.9 Å². The van der Waals surface area contributed by atoms with Crippen LogP contribution in [0, 0.1) is 0 Å². The molecule has 3 atom stereocenters. The SMILES string of the molecule is CC(O)c1cn([C@@H]2CC[C@H](N)C2)nn1. The van der Waals surface area contributed by atoms with Crippen LogP contribution >= 0.6 is 0 Å². The summed E-state index contributed by atoms with van der Waals surface area (Å²) >= 11 is 0. The van der Waals surface area contributed by atoms with Crippen LogP contribution in [0.25, 0.3) is 0 Å². The number of aliphatic hydroxyl groups excluding tert-OH is 1. The standard InChI is InChI=1S/C9H16N4O/c1-6(14)9-5-13(12-11-9)8-3-2-7(10)4-8/h5-8,14H,2-4,10H2,1H3/t6?,7-,8+/m0/s1. The van der Waals surface area contributed by atoms with E-state index in [1.807, 2.05) is 10.9 Å². The summed E-state index contributed by atoms with van der Waals surface area (Å²) in [5, 5.41) is 17.2. The summed E-state index contributed by atoms with van der Waals surface area (Å²) in [5.74, 6) is 0. The van der Waals surface area contributed by atoms with Gasteiger partial charge in [-0.05, 0) is 26.2 Å². The summed E-state index contributed by atoms with van der Waals surface area (Å²) in [7, 11) is 0. The van der Waals surface area contributed by atoms with Crippen molar-refractivity contribution >= 4 is 0 Å². The molecule has 3 N–H and O–H groups in total. The third kappa shape index (κ3) is 1.78. The molecule has 2 rings (SSSR count). The van der Waals surface area contributed by atoms with Crippen LogP contribution in [0.15, 0.2) is 6.20 Å². The lowest BCUT2D eigenvalue weighted by molar-refractivity contribution is 0.194. The zero-order valence-electron chi connectivity index (χ0n) is 8.30. The second kappa shape index (κ2) is 3.67. The zero-order valence-corrected chi connectivity index (χ0v) is 8.30. The maximum absolute atomic E-state index is 9.29. The quantitative estimate of drug-likeness (QED) is 0.717. The molecule has 0 radical (unpaired) electrons. The molecular weight excluding hydrogens is 180 g/mol. The molecule has 5 heteroatoms. The Morgan fingerprint density at radius 2 is 2.43 bits per heavy atom. The van der Waals surface area contributed by atoms with Gasteiger partial charge >= 0.3 is 0 Å². The fraction of sp³-hybridized carbons (Fsp3) is 0.778. The van der Waals surface area contributed by atoms with Gasteiger partial charge in [-0.15, -0.1) is 5.10 Å². The Labute approximate surface area is 82.9 Å². The Morgan fingerprint density at radius 1 is 1.64 bits per heavy atom.